The van der Waals surface area contributed by atoms with E-state index >= 15 is 0 Å². The van der Waals surface area contributed by atoms with Gasteiger partial charge in [0.05, 0.1) is 6.04 Å². The third kappa shape index (κ3) is 4.59. The number of fused-ring (bicyclic) bond motifs is 1. The molecule has 0 saturated carbocycles. The minimum Gasteiger partial charge on any atom is -0.484 e. The Morgan fingerprint density at radius 3 is 2.45 bits per heavy atom. The number of H-pyrrole nitrogens is 1. The maximum atomic E-state index is 13.3. The van der Waals surface area contributed by atoms with Crippen LogP contribution in [0.4, 0.5) is 0 Å². The lowest BCUT2D eigenvalue weighted by atomic mass is 9.95. The fraction of sp³-hybridized carbons (Fsp3) is 0.192. The second kappa shape index (κ2) is 9.27. The Labute approximate surface area is 187 Å². The summed E-state index contributed by atoms with van der Waals surface area (Å²) in [5.41, 5.74) is 4.37. The number of benzene rings is 3. The number of nitrogens with zero attached hydrogens (tertiary/aromatic N) is 1. The van der Waals surface area contributed by atoms with Gasteiger partial charge < -0.3 is 14.6 Å². The van der Waals surface area contributed by atoms with Gasteiger partial charge in [-0.2, -0.15) is 0 Å². The van der Waals surface area contributed by atoms with Crippen LogP contribution in [0.25, 0.3) is 10.9 Å². The molecule has 1 N–H and O–H groups in total. The van der Waals surface area contributed by atoms with Crippen molar-refractivity contribution in [2.75, 3.05) is 13.2 Å². The summed E-state index contributed by atoms with van der Waals surface area (Å²) in [5.74, 6) is 0.543. The Balaban J connectivity index is 1.67. The van der Waals surface area contributed by atoms with E-state index in [4.69, 9.17) is 16.3 Å². The Kier molecular flexibility index (Phi) is 6.28. The molecule has 0 aliphatic heterocycles. The fourth-order valence-corrected chi connectivity index (χ4v) is 3.98. The molecule has 4 aromatic rings. The fourth-order valence-electron chi connectivity index (χ4n) is 3.86. The van der Waals surface area contributed by atoms with Crippen LogP contribution in [0.5, 0.6) is 5.75 Å². The molecule has 0 aliphatic rings. The Bertz CT molecular complexity index is 1170. The van der Waals surface area contributed by atoms with E-state index in [-0.39, 0.29) is 18.6 Å². The molecule has 0 saturated heterocycles. The van der Waals surface area contributed by atoms with Crippen molar-refractivity contribution in [1.29, 1.82) is 0 Å². The molecule has 1 aromatic heterocycles. The van der Waals surface area contributed by atoms with Crippen molar-refractivity contribution in [3.05, 3.63) is 101 Å². The molecule has 158 valence electrons. The summed E-state index contributed by atoms with van der Waals surface area (Å²) in [6, 6.07) is 23.3. The topological polar surface area (TPSA) is 45.3 Å². The molecule has 0 radical (unpaired) electrons. The SMILES string of the molecule is CCN(C(=O)COc1ccc(Cl)cc1)C(c1ccc(C)cc1)c1c[nH]c2ccccc12. The van der Waals surface area contributed by atoms with Gasteiger partial charge in [-0.15, -0.1) is 0 Å². The van der Waals surface area contributed by atoms with E-state index < -0.39 is 0 Å². The first-order valence-corrected chi connectivity index (χ1v) is 10.7. The number of carbonyl (C=O) groups is 1. The summed E-state index contributed by atoms with van der Waals surface area (Å²) in [7, 11) is 0. The zero-order chi connectivity index (χ0) is 21.8. The molecule has 1 atom stereocenters. The van der Waals surface area contributed by atoms with Crippen LogP contribution >= 0.6 is 11.6 Å². The molecule has 1 unspecified atom stereocenters. The van der Waals surface area contributed by atoms with Gasteiger partial charge in [-0.05, 0) is 49.7 Å². The number of hydrogen-bond donors (Lipinski definition) is 1. The summed E-state index contributed by atoms with van der Waals surface area (Å²) < 4.78 is 5.76. The average Bonchev–Trinajstić information content (AvgIpc) is 3.21. The third-order valence-electron chi connectivity index (χ3n) is 5.46. The average molecular weight is 433 g/mol. The number of nitrogens with one attached hydrogen (secondary N) is 1. The van der Waals surface area contributed by atoms with E-state index in [1.165, 1.54) is 5.56 Å². The van der Waals surface area contributed by atoms with Crippen LogP contribution < -0.4 is 4.74 Å². The molecule has 4 rings (SSSR count). The van der Waals surface area contributed by atoms with Gasteiger partial charge in [-0.3, -0.25) is 4.79 Å². The normalized spacial score (nSPS) is 12.0. The molecule has 0 bridgehead atoms. The summed E-state index contributed by atoms with van der Waals surface area (Å²) in [6.45, 7) is 4.57. The second-order valence-corrected chi connectivity index (χ2v) is 7.96. The predicted octanol–water partition coefficient (Wildman–Crippen LogP) is 6.15. The maximum Gasteiger partial charge on any atom is 0.261 e. The zero-order valence-corrected chi connectivity index (χ0v) is 18.4. The van der Waals surface area contributed by atoms with Crippen LogP contribution in [-0.2, 0) is 4.79 Å². The molecule has 3 aromatic carbocycles. The summed E-state index contributed by atoms with van der Waals surface area (Å²) in [4.78, 5) is 18.5. The van der Waals surface area contributed by atoms with Gasteiger partial charge in [0.2, 0.25) is 0 Å². The number of aromatic amines is 1. The van der Waals surface area contributed by atoms with Gasteiger partial charge >= 0.3 is 0 Å². The van der Waals surface area contributed by atoms with Crippen molar-refractivity contribution in [2.45, 2.75) is 19.9 Å². The van der Waals surface area contributed by atoms with Crippen LogP contribution in [0, 0.1) is 6.92 Å². The molecule has 0 fully saturated rings. The highest BCUT2D eigenvalue weighted by atomic mass is 35.5. The molecule has 0 aliphatic carbocycles. The lowest BCUT2D eigenvalue weighted by molar-refractivity contribution is -0.134. The zero-order valence-electron chi connectivity index (χ0n) is 17.6. The standard InChI is InChI=1S/C26H25ClN2O2/c1-3-29(25(30)17-31-21-14-12-20(27)13-15-21)26(19-10-8-18(2)9-11-19)23-16-28-24-7-5-4-6-22(23)24/h4-16,26,28H,3,17H2,1-2H3. The molecule has 4 nitrogen and oxygen atoms in total. The number of ether oxygens (including phenoxy) is 1. The van der Waals surface area contributed by atoms with Crippen LogP contribution in [0.3, 0.4) is 0 Å². The van der Waals surface area contributed by atoms with Gasteiger partial charge in [0.15, 0.2) is 6.61 Å². The van der Waals surface area contributed by atoms with E-state index in [1.807, 2.05) is 36.2 Å². The number of carbonyl (C=O) groups excluding carboxylic acids is 1. The number of aromatic nitrogens is 1. The van der Waals surface area contributed by atoms with Crippen LogP contribution in [0.2, 0.25) is 5.02 Å². The smallest absolute Gasteiger partial charge is 0.261 e. The number of likely N-dealkylation sites (N-methyl/N-ethyl adjacent to an activating group) is 1. The van der Waals surface area contributed by atoms with E-state index in [0.717, 1.165) is 22.0 Å². The quantitative estimate of drug-likeness (QED) is 0.381. The number of aryl methyl sites for hydroxylation is 1. The Hall–Kier alpha value is -3.24. The van der Waals surface area contributed by atoms with Crippen LogP contribution in [0.15, 0.2) is 79.0 Å². The monoisotopic (exact) mass is 432 g/mol. The number of para-hydroxylation sites is 1. The Morgan fingerprint density at radius 2 is 1.74 bits per heavy atom. The lowest BCUT2D eigenvalue weighted by Gasteiger charge is -2.31. The minimum atomic E-state index is -0.219. The highest BCUT2D eigenvalue weighted by Gasteiger charge is 2.28. The van der Waals surface area contributed by atoms with Crippen molar-refractivity contribution < 1.29 is 9.53 Å². The molecule has 1 amide bonds. The van der Waals surface area contributed by atoms with Gasteiger partial charge in [-0.1, -0.05) is 59.6 Å². The van der Waals surface area contributed by atoms with Crippen LogP contribution in [0.1, 0.15) is 29.7 Å². The van der Waals surface area contributed by atoms with Crippen molar-refractivity contribution in [2.24, 2.45) is 0 Å². The van der Waals surface area contributed by atoms with Crippen molar-refractivity contribution in [1.82, 2.24) is 9.88 Å². The highest BCUT2D eigenvalue weighted by Crippen LogP contribution is 2.34. The first-order chi connectivity index (χ1) is 15.1. The van der Waals surface area contributed by atoms with E-state index in [9.17, 15) is 4.79 Å². The van der Waals surface area contributed by atoms with Crippen LogP contribution in [-0.4, -0.2) is 28.9 Å². The van der Waals surface area contributed by atoms with Crippen molar-refractivity contribution in [3.8, 4) is 5.75 Å². The molecular formula is C26H25ClN2O2. The second-order valence-electron chi connectivity index (χ2n) is 7.53. The number of amides is 1. The molecule has 1 heterocycles. The molecule has 0 spiro atoms. The largest absolute Gasteiger partial charge is 0.484 e. The molecule has 5 heteroatoms. The van der Waals surface area contributed by atoms with Gasteiger partial charge in [0, 0.05) is 34.2 Å². The minimum absolute atomic E-state index is 0.0415. The van der Waals surface area contributed by atoms with Crippen molar-refractivity contribution >= 4 is 28.4 Å². The van der Waals surface area contributed by atoms with Gasteiger partial charge in [-0.25, -0.2) is 0 Å². The third-order valence-corrected chi connectivity index (χ3v) is 5.71. The Morgan fingerprint density at radius 1 is 1.03 bits per heavy atom. The maximum absolute atomic E-state index is 13.3. The highest BCUT2D eigenvalue weighted by molar-refractivity contribution is 6.30. The van der Waals surface area contributed by atoms with E-state index in [2.05, 4.69) is 42.2 Å². The lowest BCUT2D eigenvalue weighted by Crippen LogP contribution is -2.38. The molecular weight excluding hydrogens is 408 g/mol. The predicted molar refractivity (Wildman–Crippen MR) is 126 cm³/mol. The van der Waals surface area contributed by atoms with Gasteiger partial charge in [0.1, 0.15) is 5.75 Å². The number of rotatable bonds is 7. The number of hydrogen-bond acceptors (Lipinski definition) is 2. The van der Waals surface area contributed by atoms with E-state index in [0.29, 0.717) is 17.3 Å². The first kappa shape index (κ1) is 21.0. The summed E-state index contributed by atoms with van der Waals surface area (Å²) >= 11 is 5.94. The van der Waals surface area contributed by atoms with Gasteiger partial charge in [0.25, 0.3) is 5.91 Å². The number of halogens is 1. The van der Waals surface area contributed by atoms with Crippen molar-refractivity contribution in [3.63, 3.8) is 0 Å². The summed E-state index contributed by atoms with van der Waals surface area (Å²) in [6.07, 6.45) is 2.01. The summed E-state index contributed by atoms with van der Waals surface area (Å²) in [5, 5.41) is 1.74. The molecule has 31 heavy (non-hydrogen) atoms. The van der Waals surface area contributed by atoms with E-state index in [1.54, 1.807) is 24.3 Å². The first-order valence-electron chi connectivity index (χ1n) is 10.4.